The number of hydrogen-bond acceptors (Lipinski definition) is 5. The van der Waals surface area contributed by atoms with Gasteiger partial charge < -0.3 is 10.6 Å². The minimum absolute atomic E-state index is 0.0284. The number of carbonyl (C=O) groups is 2. The van der Waals surface area contributed by atoms with Crippen molar-refractivity contribution in [2.24, 2.45) is 7.05 Å². The lowest BCUT2D eigenvalue weighted by Crippen LogP contribution is -2.39. The Kier molecular flexibility index (Phi) is 4.40. The maximum absolute atomic E-state index is 13.1. The van der Waals surface area contributed by atoms with Gasteiger partial charge >= 0.3 is 0 Å². The predicted octanol–water partition coefficient (Wildman–Crippen LogP) is 1.55. The smallest absolute Gasteiger partial charge is 0.244 e. The summed E-state index contributed by atoms with van der Waals surface area (Å²) in [7, 11) is 1.73. The van der Waals surface area contributed by atoms with Gasteiger partial charge in [-0.1, -0.05) is 19.1 Å². The van der Waals surface area contributed by atoms with Gasteiger partial charge in [-0.05, 0) is 30.0 Å². The van der Waals surface area contributed by atoms with Gasteiger partial charge in [0.05, 0.1) is 0 Å². The molecule has 3 heterocycles. The number of nitrogens with zero attached hydrogens (tertiary/aromatic N) is 2. The monoisotopic (exact) mass is 372 g/mol. The fourth-order valence-corrected chi connectivity index (χ4v) is 3.66. The van der Waals surface area contributed by atoms with E-state index in [0.717, 1.165) is 11.1 Å². The number of nitrogens with one attached hydrogen (secondary N) is 4. The molecule has 0 radical (unpaired) electrons. The van der Waals surface area contributed by atoms with Crippen LogP contribution in [0.25, 0.3) is 0 Å². The molecule has 3 atom stereocenters. The number of hydrogen-bond donors (Lipinski definition) is 4. The highest BCUT2D eigenvalue weighted by molar-refractivity contribution is 5.99. The first kappa shape index (κ1) is 17.6. The number of rotatable bonds is 3. The Labute approximate surface area is 155 Å². The van der Waals surface area contributed by atoms with Gasteiger partial charge in [0.15, 0.2) is 5.82 Å². The van der Waals surface area contributed by atoms with Crippen LogP contribution in [-0.4, -0.2) is 27.6 Å². The first-order valence-corrected chi connectivity index (χ1v) is 8.86. The summed E-state index contributed by atoms with van der Waals surface area (Å²) in [4.78, 5) is 24.4. The van der Waals surface area contributed by atoms with Crippen LogP contribution in [0.4, 0.5) is 16.0 Å². The minimum atomic E-state index is -0.453. The molecule has 1 aromatic carbocycles. The van der Waals surface area contributed by atoms with Gasteiger partial charge in [0, 0.05) is 25.1 Å². The van der Waals surface area contributed by atoms with Gasteiger partial charge in [-0.3, -0.25) is 14.3 Å². The fourth-order valence-electron chi connectivity index (χ4n) is 3.66. The Morgan fingerprint density at radius 2 is 2.04 bits per heavy atom. The van der Waals surface area contributed by atoms with Crippen molar-refractivity contribution in [1.29, 1.82) is 0 Å². The van der Waals surface area contributed by atoms with Crippen molar-refractivity contribution in [3.63, 3.8) is 0 Å². The van der Waals surface area contributed by atoms with Gasteiger partial charge in [0.1, 0.15) is 17.7 Å². The van der Waals surface area contributed by atoms with Gasteiger partial charge in [0.2, 0.25) is 11.8 Å². The predicted molar refractivity (Wildman–Crippen MR) is 97.3 cm³/mol. The molecule has 0 spiro atoms. The molecule has 0 saturated carbocycles. The molecule has 27 heavy (non-hydrogen) atoms. The van der Waals surface area contributed by atoms with Crippen molar-refractivity contribution < 1.29 is 14.0 Å². The van der Waals surface area contributed by atoms with Crippen LogP contribution in [0.15, 0.2) is 24.3 Å². The summed E-state index contributed by atoms with van der Waals surface area (Å²) >= 11 is 0. The molecule has 3 unspecified atom stereocenters. The van der Waals surface area contributed by atoms with Crippen LogP contribution in [0.1, 0.15) is 42.9 Å². The summed E-state index contributed by atoms with van der Waals surface area (Å²) in [5, 5.41) is 10.0. The molecule has 0 bridgehead atoms. The number of amides is 2. The molecular formula is C18H21FN6O2. The van der Waals surface area contributed by atoms with Crippen LogP contribution in [-0.2, 0) is 16.6 Å². The largest absolute Gasteiger partial charge is 0.311 e. The zero-order valence-electron chi connectivity index (χ0n) is 15.0. The van der Waals surface area contributed by atoms with E-state index in [9.17, 15) is 14.0 Å². The molecule has 0 aliphatic carbocycles. The van der Waals surface area contributed by atoms with Gasteiger partial charge in [-0.15, -0.1) is 0 Å². The van der Waals surface area contributed by atoms with Gasteiger partial charge in [-0.25, -0.2) is 15.2 Å². The van der Waals surface area contributed by atoms with E-state index >= 15 is 0 Å². The summed E-state index contributed by atoms with van der Waals surface area (Å²) in [6, 6.07) is 5.67. The zero-order chi connectivity index (χ0) is 19.1. The summed E-state index contributed by atoms with van der Waals surface area (Å²) in [6.45, 7) is 1.94. The molecule has 2 aliphatic rings. The molecule has 2 aromatic rings. The average molecular weight is 372 g/mol. The molecule has 4 rings (SSSR count). The van der Waals surface area contributed by atoms with Crippen molar-refractivity contribution in [1.82, 2.24) is 20.6 Å². The molecule has 1 aromatic heterocycles. The van der Waals surface area contributed by atoms with Crippen LogP contribution in [0.3, 0.4) is 0 Å². The molecule has 8 nitrogen and oxygen atoms in total. The second kappa shape index (κ2) is 6.75. The number of aryl methyl sites for hydroxylation is 1. The molecule has 9 heteroatoms. The Hall–Kier alpha value is -2.78. The molecule has 1 saturated heterocycles. The van der Waals surface area contributed by atoms with E-state index in [2.05, 4.69) is 26.6 Å². The normalized spacial score (nSPS) is 24.4. The van der Waals surface area contributed by atoms with E-state index in [1.807, 2.05) is 6.92 Å². The molecule has 1 fully saturated rings. The van der Waals surface area contributed by atoms with Crippen LogP contribution < -0.4 is 21.5 Å². The van der Waals surface area contributed by atoms with Gasteiger partial charge in [-0.2, -0.15) is 5.10 Å². The Morgan fingerprint density at radius 3 is 2.78 bits per heavy atom. The first-order chi connectivity index (χ1) is 12.9. The number of fused-ring (bicyclic) bond motifs is 1. The standard InChI is InChI=1S/C18H21FN6O2/c1-9-7-14(26)20-17-15(9)16(24-25(17)2)21-18(27)13-8-12(22-23-13)10-3-5-11(19)6-4-10/h3-6,9,12-13,22-23H,7-8H2,1-2H3,(H,20,26)(H,21,24,27). The summed E-state index contributed by atoms with van der Waals surface area (Å²) in [5.41, 5.74) is 7.81. The number of benzene rings is 1. The highest BCUT2D eigenvalue weighted by atomic mass is 19.1. The lowest BCUT2D eigenvalue weighted by molar-refractivity contribution is -0.118. The number of halogens is 1. The third-order valence-electron chi connectivity index (χ3n) is 5.06. The highest BCUT2D eigenvalue weighted by Gasteiger charge is 2.33. The third kappa shape index (κ3) is 3.31. The van der Waals surface area contributed by atoms with E-state index in [-0.39, 0.29) is 29.6 Å². The van der Waals surface area contributed by atoms with E-state index in [0.29, 0.717) is 24.5 Å². The second-order valence-electron chi connectivity index (χ2n) is 7.06. The summed E-state index contributed by atoms with van der Waals surface area (Å²) in [5.74, 6) is 0.504. The van der Waals surface area contributed by atoms with Crippen LogP contribution in [0.2, 0.25) is 0 Å². The van der Waals surface area contributed by atoms with Gasteiger partial charge in [0.25, 0.3) is 0 Å². The Bertz CT molecular complexity index is 894. The lowest BCUT2D eigenvalue weighted by Gasteiger charge is -2.20. The molecular weight excluding hydrogens is 351 g/mol. The van der Waals surface area contributed by atoms with Crippen molar-refractivity contribution in [2.45, 2.75) is 37.8 Å². The number of aromatic nitrogens is 2. The van der Waals surface area contributed by atoms with Crippen LogP contribution >= 0.6 is 0 Å². The zero-order valence-corrected chi connectivity index (χ0v) is 15.0. The van der Waals surface area contributed by atoms with Crippen molar-refractivity contribution in [3.05, 3.63) is 41.2 Å². The summed E-state index contributed by atoms with van der Waals surface area (Å²) < 4.78 is 14.7. The van der Waals surface area contributed by atoms with Crippen LogP contribution in [0.5, 0.6) is 0 Å². The molecule has 2 amide bonds. The lowest BCUT2D eigenvalue weighted by atomic mass is 9.95. The topological polar surface area (TPSA) is 100 Å². The Balaban J connectivity index is 1.47. The quantitative estimate of drug-likeness (QED) is 0.655. The van der Waals surface area contributed by atoms with Crippen molar-refractivity contribution >= 4 is 23.5 Å². The molecule has 2 aliphatic heterocycles. The number of hydrazine groups is 1. The highest BCUT2D eigenvalue weighted by Crippen LogP contribution is 2.37. The van der Waals surface area contributed by atoms with Crippen molar-refractivity contribution in [2.75, 3.05) is 10.6 Å². The van der Waals surface area contributed by atoms with E-state index in [4.69, 9.17) is 0 Å². The maximum Gasteiger partial charge on any atom is 0.244 e. The maximum atomic E-state index is 13.1. The average Bonchev–Trinajstić information content (AvgIpc) is 3.21. The second-order valence-corrected chi connectivity index (χ2v) is 7.06. The van der Waals surface area contributed by atoms with Crippen molar-refractivity contribution in [3.8, 4) is 0 Å². The fraction of sp³-hybridized carbons (Fsp3) is 0.389. The Morgan fingerprint density at radius 1 is 1.30 bits per heavy atom. The first-order valence-electron chi connectivity index (χ1n) is 8.86. The SMILES string of the molecule is CC1CC(=O)Nc2c1c(NC(=O)C1CC(c3ccc(F)cc3)NN1)nn2C. The van der Waals surface area contributed by atoms with E-state index in [1.165, 1.54) is 12.1 Å². The van der Waals surface area contributed by atoms with E-state index in [1.54, 1.807) is 23.9 Å². The minimum Gasteiger partial charge on any atom is -0.311 e. The number of anilines is 2. The summed E-state index contributed by atoms with van der Waals surface area (Å²) in [6.07, 6.45) is 0.885. The molecule has 4 N–H and O–H groups in total. The third-order valence-corrected chi connectivity index (χ3v) is 5.06. The van der Waals surface area contributed by atoms with E-state index < -0.39 is 6.04 Å². The molecule has 142 valence electrons. The van der Waals surface area contributed by atoms with Crippen LogP contribution in [0, 0.1) is 5.82 Å². The number of carbonyl (C=O) groups excluding carboxylic acids is 2.